The Labute approximate surface area is 132 Å². The summed E-state index contributed by atoms with van der Waals surface area (Å²) in [6, 6.07) is 3.82. The van der Waals surface area contributed by atoms with Crippen molar-refractivity contribution in [3.8, 4) is 12.1 Å². The van der Waals surface area contributed by atoms with E-state index in [0.29, 0.717) is 11.5 Å². The van der Waals surface area contributed by atoms with Gasteiger partial charge < -0.3 is 11.1 Å². The lowest BCUT2D eigenvalue weighted by molar-refractivity contribution is 0.308. The van der Waals surface area contributed by atoms with Gasteiger partial charge in [0.2, 0.25) is 0 Å². The van der Waals surface area contributed by atoms with Crippen LogP contribution in [-0.4, -0.2) is 11.5 Å². The topological polar surface area (TPSA) is 98.0 Å². The van der Waals surface area contributed by atoms with Crippen LogP contribution in [0.1, 0.15) is 70.6 Å². The highest BCUT2D eigenvalue weighted by Crippen LogP contribution is 2.31. The molecule has 0 aromatic rings. The molecule has 0 radical (unpaired) electrons. The Kier molecular flexibility index (Phi) is 5.83. The van der Waals surface area contributed by atoms with Crippen molar-refractivity contribution in [1.29, 1.82) is 10.5 Å². The van der Waals surface area contributed by atoms with Gasteiger partial charge in [0.15, 0.2) is 5.57 Å². The predicted octanol–water partition coefficient (Wildman–Crippen LogP) is 3.25. The fourth-order valence-corrected chi connectivity index (χ4v) is 3.37. The highest BCUT2D eigenvalue weighted by molar-refractivity contribution is 6.00. The maximum atomic E-state index is 9.06. The molecule has 3 N–H and O–H groups in total. The summed E-state index contributed by atoms with van der Waals surface area (Å²) in [7, 11) is 0. The van der Waals surface area contributed by atoms with E-state index in [4.69, 9.17) is 16.3 Å². The van der Waals surface area contributed by atoms with Crippen molar-refractivity contribution >= 4 is 5.84 Å². The van der Waals surface area contributed by atoms with Crippen LogP contribution < -0.4 is 11.1 Å². The van der Waals surface area contributed by atoms with Gasteiger partial charge in [0.1, 0.15) is 29.3 Å². The molecule has 1 aliphatic heterocycles. The van der Waals surface area contributed by atoms with Crippen LogP contribution in [0.4, 0.5) is 0 Å². The lowest BCUT2D eigenvalue weighted by atomic mass is 9.93. The molecule has 0 aromatic heterocycles. The van der Waals surface area contributed by atoms with Crippen LogP contribution in [0.25, 0.3) is 0 Å². The molecule has 0 bridgehead atoms. The maximum Gasteiger partial charge on any atom is 0.156 e. The van der Waals surface area contributed by atoms with Crippen LogP contribution in [0.3, 0.4) is 0 Å². The molecule has 2 aliphatic rings. The number of rotatable bonds is 0. The third kappa shape index (κ3) is 4.01. The van der Waals surface area contributed by atoms with E-state index in [1.807, 2.05) is 12.1 Å². The van der Waals surface area contributed by atoms with Crippen LogP contribution >= 0.6 is 0 Å². The first kappa shape index (κ1) is 16.4. The van der Waals surface area contributed by atoms with Crippen molar-refractivity contribution in [2.24, 2.45) is 10.7 Å². The Hall–Kier alpha value is -2.01. The number of nitrogens with two attached hydrogens (primary N) is 1. The zero-order valence-electron chi connectivity index (χ0n) is 13.2. The van der Waals surface area contributed by atoms with Crippen molar-refractivity contribution in [3.63, 3.8) is 0 Å². The van der Waals surface area contributed by atoms with Gasteiger partial charge >= 0.3 is 0 Å². The van der Waals surface area contributed by atoms with Crippen LogP contribution in [0.15, 0.2) is 16.3 Å². The summed E-state index contributed by atoms with van der Waals surface area (Å²) >= 11 is 0. The Morgan fingerprint density at radius 3 is 1.82 bits per heavy atom. The van der Waals surface area contributed by atoms with Gasteiger partial charge in [-0.25, -0.2) is 4.99 Å². The maximum absolute atomic E-state index is 9.06. The smallest absolute Gasteiger partial charge is 0.156 e. The highest BCUT2D eigenvalue weighted by Gasteiger charge is 2.36. The highest BCUT2D eigenvalue weighted by atomic mass is 15.2. The number of nitriles is 2. The molecule has 22 heavy (non-hydrogen) atoms. The molecule has 1 aliphatic carbocycles. The summed E-state index contributed by atoms with van der Waals surface area (Å²) in [6.45, 7) is 0. The van der Waals surface area contributed by atoms with E-state index >= 15 is 0 Å². The number of hydrogen-bond acceptors (Lipinski definition) is 5. The first-order valence-corrected chi connectivity index (χ1v) is 8.39. The molecule has 5 heteroatoms. The average Bonchev–Trinajstić information content (AvgIpc) is 2.82. The van der Waals surface area contributed by atoms with E-state index in [-0.39, 0.29) is 5.57 Å². The SMILES string of the molecule is N#CC(C#N)=C1NC2(CCCCCCCCCCC2)N=C1N. The lowest BCUT2D eigenvalue weighted by Crippen LogP contribution is -2.39. The molecule has 118 valence electrons. The molecule has 0 amide bonds. The minimum absolute atomic E-state index is 0.0317. The van der Waals surface area contributed by atoms with Crippen LogP contribution in [-0.2, 0) is 0 Å². The van der Waals surface area contributed by atoms with Gasteiger partial charge in [-0.2, -0.15) is 10.5 Å². The van der Waals surface area contributed by atoms with E-state index in [2.05, 4.69) is 10.3 Å². The van der Waals surface area contributed by atoms with Gasteiger partial charge in [0.25, 0.3) is 0 Å². The second-order valence-corrected chi connectivity index (χ2v) is 6.31. The van der Waals surface area contributed by atoms with Crippen molar-refractivity contribution in [2.75, 3.05) is 0 Å². The first-order valence-electron chi connectivity index (χ1n) is 8.39. The summed E-state index contributed by atoms with van der Waals surface area (Å²) < 4.78 is 0. The second kappa shape index (κ2) is 7.84. The van der Waals surface area contributed by atoms with E-state index < -0.39 is 5.66 Å². The summed E-state index contributed by atoms with van der Waals surface area (Å²) in [6.07, 6.45) is 13.0. The Morgan fingerprint density at radius 1 is 0.909 bits per heavy atom. The molecule has 0 saturated heterocycles. The molecule has 5 nitrogen and oxygen atoms in total. The Morgan fingerprint density at radius 2 is 1.36 bits per heavy atom. The number of allylic oxidation sites excluding steroid dienone is 1. The van der Waals surface area contributed by atoms with E-state index in [0.717, 1.165) is 25.7 Å². The molecular weight excluding hydrogens is 274 g/mol. The van der Waals surface area contributed by atoms with Gasteiger partial charge in [0, 0.05) is 0 Å². The number of aliphatic imine (C=N–C) groups is 1. The van der Waals surface area contributed by atoms with E-state index in [9.17, 15) is 0 Å². The normalized spacial score (nSPS) is 22.5. The third-order valence-corrected chi connectivity index (χ3v) is 4.60. The minimum atomic E-state index is -0.405. The Bertz CT molecular complexity index is 504. The largest absolute Gasteiger partial charge is 0.382 e. The van der Waals surface area contributed by atoms with Gasteiger partial charge in [-0.15, -0.1) is 0 Å². The summed E-state index contributed by atoms with van der Waals surface area (Å²) in [5, 5.41) is 21.4. The molecule has 1 heterocycles. The fraction of sp³-hybridized carbons (Fsp3) is 0.706. The van der Waals surface area contributed by atoms with Crippen LogP contribution in [0.5, 0.6) is 0 Å². The minimum Gasteiger partial charge on any atom is -0.382 e. The monoisotopic (exact) mass is 299 g/mol. The summed E-state index contributed by atoms with van der Waals surface area (Å²) in [5.74, 6) is 0.310. The molecular formula is C17H25N5. The van der Waals surface area contributed by atoms with E-state index in [1.165, 1.54) is 44.9 Å². The first-order chi connectivity index (χ1) is 10.7. The van der Waals surface area contributed by atoms with Crippen molar-refractivity contribution in [1.82, 2.24) is 5.32 Å². The molecule has 0 aromatic carbocycles. The zero-order valence-corrected chi connectivity index (χ0v) is 13.2. The number of nitrogens with zero attached hydrogens (tertiary/aromatic N) is 3. The molecule has 1 saturated carbocycles. The summed E-state index contributed by atoms with van der Waals surface area (Å²) in [4.78, 5) is 4.63. The van der Waals surface area contributed by atoms with Crippen molar-refractivity contribution < 1.29 is 0 Å². The molecule has 2 rings (SSSR count). The van der Waals surface area contributed by atoms with Crippen LogP contribution in [0.2, 0.25) is 0 Å². The zero-order chi connectivity index (χ0) is 15.8. The summed E-state index contributed by atoms with van der Waals surface area (Å²) in [5.41, 5.74) is 6.03. The Balaban J connectivity index is 2.14. The lowest BCUT2D eigenvalue weighted by Gasteiger charge is -2.28. The van der Waals surface area contributed by atoms with Gasteiger partial charge in [0.05, 0.1) is 0 Å². The van der Waals surface area contributed by atoms with Crippen molar-refractivity contribution in [2.45, 2.75) is 76.3 Å². The van der Waals surface area contributed by atoms with Gasteiger partial charge in [-0.05, 0) is 25.7 Å². The average molecular weight is 299 g/mol. The molecule has 1 spiro atoms. The molecule has 0 unspecified atom stereocenters. The van der Waals surface area contributed by atoms with E-state index in [1.54, 1.807) is 0 Å². The molecule has 1 fully saturated rings. The third-order valence-electron chi connectivity index (χ3n) is 4.60. The number of nitrogens with one attached hydrogen (secondary N) is 1. The van der Waals surface area contributed by atoms with Gasteiger partial charge in [-0.1, -0.05) is 44.9 Å². The molecule has 0 atom stereocenters. The fourth-order valence-electron chi connectivity index (χ4n) is 3.37. The van der Waals surface area contributed by atoms with Crippen LogP contribution in [0, 0.1) is 22.7 Å². The van der Waals surface area contributed by atoms with Gasteiger partial charge in [-0.3, -0.25) is 0 Å². The number of amidine groups is 1. The number of hydrogen-bond donors (Lipinski definition) is 2. The predicted molar refractivity (Wildman–Crippen MR) is 86.5 cm³/mol. The standard InChI is InChI=1S/C17H25N5/c18-12-14(13-19)15-16(20)22-17(21-15)10-8-6-4-2-1-3-5-7-9-11-17/h21H,1-11H2,(H2,20,22). The van der Waals surface area contributed by atoms with Crippen molar-refractivity contribution in [3.05, 3.63) is 11.3 Å². The second-order valence-electron chi connectivity index (χ2n) is 6.31. The quantitative estimate of drug-likeness (QED) is 0.671.